The van der Waals surface area contributed by atoms with Crippen LogP contribution in [0.3, 0.4) is 0 Å². The molecule has 0 saturated carbocycles. The summed E-state index contributed by atoms with van der Waals surface area (Å²) in [5, 5.41) is 0. The van der Waals surface area contributed by atoms with Gasteiger partial charge in [0.25, 0.3) is 0 Å². The summed E-state index contributed by atoms with van der Waals surface area (Å²) >= 11 is 0. The zero-order valence-electron chi connectivity index (χ0n) is 11.3. The Kier molecular flexibility index (Phi) is 4.92. The third-order valence-corrected chi connectivity index (χ3v) is 2.47. The van der Waals surface area contributed by atoms with E-state index in [1.807, 2.05) is 19.0 Å². The molecule has 0 aliphatic rings. The minimum absolute atomic E-state index is 0.0790. The van der Waals surface area contributed by atoms with Gasteiger partial charge in [0.05, 0.1) is 14.2 Å². The Morgan fingerprint density at radius 3 is 2.33 bits per heavy atom. The van der Waals surface area contributed by atoms with Gasteiger partial charge >= 0.3 is 0 Å². The molecule has 0 amide bonds. The third-order valence-electron chi connectivity index (χ3n) is 2.47. The summed E-state index contributed by atoms with van der Waals surface area (Å²) in [6.07, 6.45) is 0. The number of methoxy groups -OCH3 is 2. The van der Waals surface area contributed by atoms with Crippen LogP contribution >= 0.6 is 0 Å². The van der Waals surface area contributed by atoms with E-state index in [1.54, 1.807) is 32.4 Å². The Bertz CT molecular complexity index is 452. The lowest BCUT2D eigenvalue weighted by molar-refractivity contribution is 0.102. The molecule has 0 aromatic heterocycles. The lowest BCUT2D eigenvalue weighted by Gasteiger charge is -2.13. The number of carbonyl (C=O) groups is 1. The summed E-state index contributed by atoms with van der Waals surface area (Å²) in [5.74, 6) is 1.07. The predicted molar refractivity (Wildman–Crippen MR) is 71.6 cm³/mol. The number of benzene rings is 1. The van der Waals surface area contributed by atoms with Gasteiger partial charge in [-0.2, -0.15) is 0 Å². The van der Waals surface area contributed by atoms with Crippen LogP contribution < -0.4 is 9.47 Å². The van der Waals surface area contributed by atoms with Crippen molar-refractivity contribution in [3.05, 3.63) is 35.9 Å². The van der Waals surface area contributed by atoms with E-state index in [1.165, 1.54) is 0 Å². The zero-order chi connectivity index (χ0) is 13.7. The van der Waals surface area contributed by atoms with Gasteiger partial charge in [-0.25, -0.2) is 0 Å². The molecule has 18 heavy (non-hydrogen) atoms. The van der Waals surface area contributed by atoms with Crippen LogP contribution in [0.4, 0.5) is 0 Å². The minimum atomic E-state index is -0.0790. The quantitative estimate of drug-likeness (QED) is 0.571. The number of Topliss-reactive ketones (excluding diaryl/α,β-unsaturated/α-hetero) is 1. The van der Waals surface area contributed by atoms with Gasteiger partial charge in [0.2, 0.25) is 0 Å². The minimum Gasteiger partial charge on any atom is -0.493 e. The number of ether oxygens (including phenoxy) is 2. The van der Waals surface area contributed by atoms with Crippen molar-refractivity contribution in [2.24, 2.45) is 0 Å². The number of carbonyl (C=O) groups excluding carboxylic acids is 1. The molecule has 0 heterocycles. The maximum Gasteiger partial charge on any atom is 0.189 e. The average Bonchev–Trinajstić information content (AvgIpc) is 2.36. The second-order valence-corrected chi connectivity index (χ2v) is 4.24. The van der Waals surface area contributed by atoms with Crippen LogP contribution in [0, 0.1) is 0 Å². The van der Waals surface area contributed by atoms with Gasteiger partial charge in [-0.3, -0.25) is 4.79 Å². The maximum atomic E-state index is 12.1. The highest BCUT2D eigenvalue weighted by atomic mass is 16.5. The first-order valence-corrected chi connectivity index (χ1v) is 5.58. The van der Waals surface area contributed by atoms with Gasteiger partial charge in [0, 0.05) is 17.7 Å². The van der Waals surface area contributed by atoms with Crippen LogP contribution in [-0.4, -0.2) is 45.5 Å². The van der Waals surface area contributed by atoms with E-state index in [0.717, 1.165) is 0 Å². The van der Waals surface area contributed by atoms with Crippen LogP contribution in [-0.2, 0) is 0 Å². The topological polar surface area (TPSA) is 38.8 Å². The van der Waals surface area contributed by atoms with Gasteiger partial charge in [0.15, 0.2) is 17.3 Å². The van der Waals surface area contributed by atoms with Crippen molar-refractivity contribution in [1.29, 1.82) is 0 Å². The summed E-state index contributed by atoms with van der Waals surface area (Å²) in [5.41, 5.74) is 1.10. The summed E-state index contributed by atoms with van der Waals surface area (Å²) < 4.78 is 10.3. The molecule has 0 N–H and O–H groups in total. The van der Waals surface area contributed by atoms with Crippen LogP contribution in [0.2, 0.25) is 0 Å². The number of hydrogen-bond acceptors (Lipinski definition) is 4. The van der Waals surface area contributed by atoms with Crippen LogP contribution in [0.25, 0.3) is 0 Å². The molecule has 1 aromatic carbocycles. The van der Waals surface area contributed by atoms with Crippen LogP contribution in [0.5, 0.6) is 11.5 Å². The molecule has 0 spiro atoms. The number of likely N-dealkylation sites (N-methyl/N-ethyl adjacent to an activating group) is 1. The third kappa shape index (κ3) is 3.34. The highest BCUT2D eigenvalue weighted by Crippen LogP contribution is 2.28. The molecule has 4 nitrogen and oxygen atoms in total. The molecule has 0 radical (unpaired) electrons. The molecule has 0 aliphatic carbocycles. The van der Waals surface area contributed by atoms with E-state index >= 15 is 0 Å². The fourth-order valence-electron chi connectivity index (χ4n) is 1.64. The van der Waals surface area contributed by atoms with Crippen molar-refractivity contribution >= 4 is 5.78 Å². The van der Waals surface area contributed by atoms with Crippen molar-refractivity contribution < 1.29 is 14.3 Å². The van der Waals surface area contributed by atoms with Crippen molar-refractivity contribution in [2.75, 3.05) is 34.9 Å². The SMILES string of the molecule is C=C(CN(C)C)C(=O)c1ccc(OC)c(OC)c1. The van der Waals surface area contributed by atoms with Gasteiger partial charge in [0.1, 0.15) is 0 Å². The lowest BCUT2D eigenvalue weighted by atomic mass is 10.0. The molecular formula is C14H19NO3. The van der Waals surface area contributed by atoms with Gasteiger partial charge in [-0.1, -0.05) is 6.58 Å². The van der Waals surface area contributed by atoms with Crippen molar-refractivity contribution in [1.82, 2.24) is 4.90 Å². The van der Waals surface area contributed by atoms with Gasteiger partial charge < -0.3 is 14.4 Å². The Labute approximate surface area is 108 Å². The molecule has 98 valence electrons. The van der Waals surface area contributed by atoms with E-state index in [9.17, 15) is 4.79 Å². The fraction of sp³-hybridized carbons (Fsp3) is 0.357. The highest BCUT2D eigenvalue weighted by Gasteiger charge is 2.14. The Balaban J connectivity index is 2.96. The number of ketones is 1. The smallest absolute Gasteiger partial charge is 0.189 e. The molecule has 0 bridgehead atoms. The molecular weight excluding hydrogens is 230 g/mol. The normalized spacial score (nSPS) is 10.3. The zero-order valence-corrected chi connectivity index (χ0v) is 11.3. The monoisotopic (exact) mass is 249 g/mol. The predicted octanol–water partition coefficient (Wildman–Crippen LogP) is 2.00. The molecule has 0 fully saturated rings. The standard InChI is InChI=1S/C14H19NO3/c1-10(9-15(2)3)14(16)11-6-7-12(17-4)13(8-11)18-5/h6-8H,1,9H2,2-5H3. The Morgan fingerprint density at radius 2 is 1.83 bits per heavy atom. The lowest BCUT2D eigenvalue weighted by Crippen LogP contribution is -2.19. The van der Waals surface area contributed by atoms with Crippen molar-refractivity contribution in [3.63, 3.8) is 0 Å². The van der Waals surface area contributed by atoms with Crippen LogP contribution in [0.1, 0.15) is 10.4 Å². The first-order valence-electron chi connectivity index (χ1n) is 5.58. The molecule has 0 aliphatic heterocycles. The number of hydrogen-bond donors (Lipinski definition) is 0. The van der Waals surface area contributed by atoms with E-state index in [2.05, 4.69) is 6.58 Å². The second-order valence-electron chi connectivity index (χ2n) is 4.24. The Hall–Kier alpha value is -1.81. The van der Waals surface area contributed by atoms with Gasteiger partial charge in [-0.05, 0) is 32.3 Å². The molecule has 0 unspecified atom stereocenters. The molecule has 4 heteroatoms. The second kappa shape index (κ2) is 6.21. The van der Waals surface area contributed by atoms with E-state index in [0.29, 0.717) is 29.2 Å². The Morgan fingerprint density at radius 1 is 1.22 bits per heavy atom. The number of rotatable bonds is 6. The van der Waals surface area contributed by atoms with E-state index in [4.69, 9.17) is 9.47 Å². The van der Waals surface area contributed by atoms with Crippen molar-refractivity contribution in [2.45, 2.75) is 0 Å². The first kappa shape index (κ1) is 14.3. The maximum absolute atomic E-state index is 12.1. The van der Waals surface area contributed by atoms with Crippen LogP contribution in [0.15, 0.2) is 30.4 Å². The fourth-order valence-corrected chi connectivity index (χ4v) is 1.64. The molecule has 0 saturated heterocycles. The first-order chi connectivity index (χ1) is 8.49. The average molecular weight is 249 g/mol. The largest absolute Gasteiger partial charge is 0.493 e. The highest BCUT2D eigenvalue weighted by molar-refractivity contribution is 6.08. The summed E-state index contributed by atoms with van der Waals surface area (Å²) in [6.45, 7) is 4.34. The molecule has 1 aromatic rings. The summed E-state index contributed by atoms with van der Waals surface area (Å²) in [6, 6.07) is 5.10. The molecule has 1 rings (SSSR count). The van der Waals surface area contributed by atoms with E-state index in [-0.39, 0.29) is 5.78 Å². The van der Waals surface area contributed by atoms with E-state index < -0.39 is 0 Å². The van der Waals surface area contributed by atoms with Crippen molar-refractivity contribution in [3.8, 4) is 11.5 Å². The van der Waals surface area contributed by atoms with Gasteiger partial charge in [-0.15, -0.1) is 0 Å². The molecule has 0 atom stereocenters. The summed E-state index contributed by atoms with van der Waals surface area (Å²) in [7, 11) is 6.89. The number of nitrogens with zero attached hydrogens (tertiary/aromatic N) is 1. The summed E-state index contributed by atoms with van der Waals surface area (Å²) in [4.78, 5) is 14.0.